The number of nitrogens with zero attached hydrogens (tertiary/aromatic N) is 3. The van der Waals surface area contributed by atoms with E-state index in [0.717, 1.165) is 18.8 Å². The van der Waals surface area contributed by atoms with Gasteiger partial charge in [-0.1, -0.05) is 12.1 Å². The number of para-hydroxylation sites is 2. The first-order chi connectivity index (χ1) is 13.0. The van der Waals surface area contributed by atoms with E-state index in [-0.39, 0.29) is 11.4 Å². The molecule has 2 aromatic rings. The molecule has 1 aliphatic rings. The lowest BCUT2D eigenvalue weighted by atomic mass is 10.2. The van der Waals surface area contributed by atoms with Gasteiger partial charge in [0, 0.05) is 32.2 Å². The van der Waals surface area contributed by atoms with Crippen LogP contribution >= 0.6 is 12.2 Å². The number of piperazine rings is 1. The highest BCUT2D eigenvalue weighted by Crippen LogP contribution is 2.30. The summed E-state index contributed by atoms with van der Waals surface area (Å²) in [5.41, 5.74) is 1.35. The number of phenolic OH excluding ortho intramolecular Hbond substituents is 1. The van der Waals surface area contributed by atoms with E-state index >= 15 is 0 Å². The molecule has 2 aromatic carbocycles. The molecule has 1 fully saturated rings. The average molecular weight is 388 g/mol. The lowest BCUT2D eigenvalue weighted by Crippen LogP contribution is -2.50. The van der Waals surface area contributed by atoms with E-state index in [0.29, 0.717) is 29.6 Å². The van der Waals surface area contributed by atoms with Crippen molar-refractivity contribution < 1.29 is 14.8 Å². The Labute approximate surface area is 162 Å². The first-order valence-corrected chi connectivity index (χ1v) is 8.81. The monoisotopic (exact) mass is 388 g/mol. The Hall–Kier alpha value is -3.07. The van der Waals surface area contributed by atoms with Gasteiger partial charge in [0.15, 0.2) is 5.11 Å². The summed E-state index contributed by atoms with van der Waals surface area (Å²) < 4.78 is 5.23. The Morgan fingerprint density at radius 1 is 1.22 bits per heavy atom. The number of non-ortho nitro benzene ring substituents is 1. The SMILES string of the molecule is COc1cc([N+](=O)[O-])ccc1NC(=S)N1CCN(c2ccccc2O)CC1. The third-order valence-electron chi connectivity index (χ3n) is 4.43. The Morgan fingerprint density at radius 3 is 2.56 bits per heavy atom. The summed E-state index contributed by atoms with van der Waals surface area (Å²) in [5, 5.41) is 24.5. The predicted molar refractivity (Wildman–Crippen MR) is 108 cm³/mol. The van der Waals surface area contributed by atoms with Gasteiger partial charge in [0.05, 0.1) is 29.5 Å². The molecule has 2 N–H and O–H groups in total. The fraction of sp³-hybridized carbons (Fsp3) is 0.278. The van der Waals surface area contributed by atoms with Gasteiger partial charge in [-0.3, -0.25) is 10.1 Å². The molecule has 27 heavy (non-hydrogen) atoms. The molecule has 9 heteroatoms. The number of rotatable bonds is 4. The number of ether oxygens (including phenoxy) is 1. The Balaban J connectivity index is 1.63. The van der Waals surface area contributed by atoms with Crippen LogP contribution in [0, 0.1) is 10.1 Å². The van der Waals surface area contributed by atoms with Crippen molar-refractivity contribution in [3.63, 3.8) is 0 Å². The second-order valence-electron chi connectivity index (χ2n) is 6.03. The number of hydrogen-bond acceptors (Lipinski definition) is 6. The highest BCUT2D eigenvalue weighted by Gasteiger charge is 2.21. The molecule has 0 unspecified atom stereocenters. The van der Waals surface area contributed by atoms with Crippen LogP contribution in [-0.4, -0.2) is 53.3 Å². The molecule has 0 saturated carbocycles. The molecular weight excluding hydrogens is 368 g/mol. The fourth-order valence-electron chi connectivity index (χ4n) is 2.97. The van der Waals surface area contributed by atoms with Gasteiger partial charge in [-0.2, -0.15) is 0 Å². The van der Waals surface area contributed by atoms with Gasteiger partial charge in [0.25, 0.3) is 5.69 Å². The van der Waals surface area contributed by atoms with Crippen LogP contribution in [0.4, 0.5) is 17.1 Å². The van der Waals surface area contributed by atoms with Gasteiger partial charge in [0.1, 0.15) is 11.5 Å². The number of anilines is 2. The number of benzene rings is 2. The summed E-state index contributed by atoms with van der Waals surface area (Å²) in [5.74, 6) is 0.627. The summed E-state index contributed by atoms with van der Waals surface area (Å²) in [6.07, 6.45) is 0. The molecule has 8 nitrogen and oxygen atoms in total. The number of nitrogens with one attached hydrogen (secondary N) is 1. The molecule has 1 aliphatic heterocycles. The second kappa shape index (κ2) is 8.09. The van der Waals surface area contributed by atoms with Crippen LogP contribution in [0.3, 0.4) is 0 Å². The van der Waals surface area contributed by atoms with Gasteiger partial charge in [-0.25, -0.2) is 0 Å². The van der Waals surface area contributed by atoms with Crippen molar-refractivity contribution >= 4 is 34.4 Å². The van der Waals surface area contributed by atoms with E-state index in [1.165, 1.54) is 19.2 Å². The predicted octanol–water partition coefficient (Wildman–Crippen LogP) is 2.83. The minimum absolute atomic E-state index is 0.0420. The summed E-state index contributed by atoms with van der Waals surface area (Å²) in [7, 11) is 1.46. The van der Waals surface area contributed by atoms with Crippen molar-refractivity contribution in [2.75, 3.05) is 43.5 Å². The van der Waals surface area contributed by atoms with E-state index in [1.54, 1.807) is 18.2 Å². The minimum Gasteiger partial charge on any atom is -0.506 e. The number of hydrogen-bond donors (Lipinski definition) is 2. The zero-order chi connectivity index (χ0) is 19.4. The maximum atomic E-state index is 10.9. The maximum absolute atomic E-state index is 10.9. The lowest BCUT2D eigenvalue weighted by molar-refractivity contribution is -0.384. The van der Waals surface area contributed by atoms with Crippen molar-refractivity contribution in [2.45, 2.75) is 0 Å². The van der Waals surface area contributed by atoms with E-state index in [1.807, 2.05) is 17.0 Å². The van der Waals surface area contributed by atoms with Crippen LogP contribution in [0.15, 0.2) is 42.5 Å². The number of aromatic hydroxyl groups is 1. The van der Waals surface area contributed by atoms with E-state index in [9.17, 15) is 15.2 Å². The van der Waals surface area contributed by atoms with Gasteiger partial charge in [-0.15, -0.1) is 0 Å². The van der Waals surface area contributed by atoms with E-state index in [4.69, 9.17) is 17.0 Å². The van der Waals surface area contributed by atoms with Crippen LogP contribution in [0.5, 0.6) is 11.5 Å². The third kappa shape index (κ3) is 4.20. The molecule has 0 aliphatic carbocycles. The number of phenols is 1. The highest BCUT2D eigenvalue weighted by atomic mass is 32.1. The fourth-order valence-corrected chi connectivity index (χ4v) is 3.27. The summed E-state index contributed by atoms with van der Waals surface area (Å²) in [4.78, 5) is 14.6. The first kappa shape index (κ1) is 18.7. The van der Waals surface area contributed by atoms with Crippen molar-refractivity contribution in [1.82, 2.24) is 4.90 Å². The Bertz CT molecular complexity index is 853. The molecular formula is C18H20N4O4S. The molecule has 1 heterocycles. The number of methoxy groups -OCH3 is 1. The Kier molecular flexibility index (Phi) is 5.60. The molecule has 0 aromatic heterocycles. The van der Waals surface area contributed by atoms with Gasteiger partial charge in [0.2, 0.25) is 0 Å². The standard InChI is InChI=1S/C18H20N4O4S/c1-26-17-12-13(22(24)25)6-7-14(17)19-18(27)21-10-8-20(9-11-21)15-4-2-3-5-16(15)23/h2-7,12,23H,8-11H2,1H3,(H,19,27). The van der Waals surface area contributed by atoms with Crippen LogP contribution in [0.2, 0.25) is 0 Å². The van der Waals surface area contributed by atoms with Gasteiger partial charge >= 0.3 is 0 Å². The Morgan fingerprint density at radius 2 is 1.93 bits per heavy atom. The highest BCUT2D eigenvalue weighted by molar-refractivity contribution is 7.80. The first-order valence-electron chi connectivity index (χ1n) is 8.41. The summed E-state index contributed by atoms with van der Waals surface area (Å²) in [6, 6.07) is 11.6. The maximum Gasteiger partial charge on any atom is 0.273 e. The largest absolute Gasteiger partial charge is 0.506 e. The number of thiocarbonyl (C=S) groups is 1. The molecule has 0 spiro atoms. The van der Waals surface area contributed by atoms with Crippen molar-refractivity contribution in [3.8, 4) is 11.5 Å². The van der Waals surface area contributed by atoms with E-state index in [2.05, 4.69) is 10.2 Å². The van der Waals surface area contributed by atoms with Crippen LogP contribution in [-0.2, 0) is 0 Å². The van der Waals surface area contributed by atoms with Crippen LogP contribution in [0.1, 0.15) is 0 Å². The van der Waals surface area contributed by atoms with Gasteiger partial charge < -0.3 is 25.0 Å². The zero-order valence-corrected chi connectivity index (χ0v) is 15.6. The van der Waals surface area contributed by atoms with Gasteiger partial charge in [-0.05, 0) is 30.4 Å². The normalized spacial score (nSPS) is 14.0. The number of nitro benzene ring substituents is 1. The van der Waals surface area contributed by atoms with Crippen LogP contribution in [0.25, 0.3) is 0 Å². The molecule has 1 saturated heterocycles. The molecule has 0 atom stereocenters. The molecule has 0 bridgehead atoms. The number of nitro groups is 1. The average Bonchev–Trinajstić information content (AvgIpc) is 2.68. The van der Waals surface area contributed by atoms with Crippen molar-refractivity contribution in [3.05, 3.63) is 52.6 Å². The second-order valence-corrected chi connectivity index (χ2v) is 6.42. The van der Waals surface area contributed by atoms with Crippen LogP contribution < -0.4 is 15.0 Å². The third-order valence-corrected chi connectivity index (χ3v) is 4.79. The topological polar surface area (TPSA) is 91.1 Å². The molecule has 0 amide bonds. The molecule has 142 valence electrons. The zero-order valence-electron chi connectivity index (χ0n) is 14.8. The lowest BCUT2D eigenvalue weighted by Gasteiger charge is -2.37. The van der Waals surface area contributed by atoms with E-state index < -0.39 is 4.92 Å². The molecule has 3 rings (SSSR count). The summed E-state index contributed by atoms with van der Waals surface area (Å²) in [6.45, 7) is 2.82. The smallest absolute Gasteiger partial charge is 0.273 e. The quantitative estimate of drug-likeness (QED) is 0.469. The summed E-state index contributed by atoms with van der Waals surface area (Å²) >= 11 is 5.49. The molecule has 0 radical (unpaired) electrons. The van der Waals surface area contributed by atoms with Crippen molar-refractivity contribution in [1.29, 1.82) is 0 Å². The minimum atomic E-state index is -0.469. The van der Waals surface area contributed by atoms with Crippen molar-refractivity contribution in [2.24, 2.45) is 0 Å².